The first-order valence-electron chi connectivity index (χ1n) is 10.6. The van der Waals surface area contributed by atoms with Crippen LogP contribution in [-0.2, 0) is 33.6 Å². The number of amides is 2. The molecule has 3 fully saturated rings. The Balaban J connectivity index is 0.000000245. The molecule has 0 radical (unpaired) electrons. The van der Waals surface area contributed by atoms with Crippen LogP contribution >= 0.6 is 0 Å². The number of nitrogens with one attached hydrogen (secondary N) is 2. The number of nitrogens with zero attached hydrogens (tertiary/aromatic N) is 1. The predicted molar refractivity (Wildman–Crippen MR) is 121 cm³/mol. The van der Waals surface area contributed by atoms with Gasteiger partial charge in [0.2, 0.25) is 0 Å². The monoisotopic (exact) mass is 517 g/mol. The zero-order valence-corrected chi connectivity index (χ0v) is 20.8. The second-order valence-electron chi connectivity index (χ2n) is 7.77. The molecule has 0 saturated carbocycles. The van der Waals surface area contributed by atoms with Crippen LogP contribution in [0.2, 0.25) is 0 Å². The molecule has 2 aromatic carbocycles. The number of rotatable bonds is 5. The van der Waals surface area contributed by atoms with E-state index in [1.165, 1.54) is 51.0 Å². The minimum Gasteiger partial charge on any atom is -0.529 e. The Morgan fingerprint density at radius 2 is 1.78 bits per heavy atom. The number of carbonyl (C=O) groups is 1. The van der Waals surface area contributed by atoms with E-state index in [2.05, 4.69) is 28.5 Å². The first kappa shape index (κ1) is 28.0. The fraction of sp³-hybridized carbons (Fsp3) is 0.400. The van der Waals surface area contributed by atoms with Gasteiger partial charge >= 0.3 is 22.4 Å². The number of hydrogen-bond donors (Lipinski definition) is 2. The molecule has 170 valence electrons. The van der Waals surface area contributed by atoms with Crippen LogP contribution in [0, 0.1) is 24.2 Å². The third kappa shape index (κ3) is 9.25. The quantitative estimate of drug-likeness (QED) is 0.364. The fourth-order valence-electron chi connectivity index (χ4n) is 3.70. The Hall–Kier alpha value is -1.99. The zero-order valence-electron chi connectivity index (χ0n) is 18.6. The van der Waals surface area contributed by atoms with Gasteiger partial charge in [-0.1, -0.05) is 23.8 Å². The van der Waals surface area contributed by atoms with Crippen molar-refractivity contribution < 1.29 is 36.4 Å². The van der Waals surface area contributed by atoms with Gasteiger partial charge in [0.15, 0.2) is 5.91 Å². The summed E-state index contributed by atoms with van der Waals surface area (Å²) in [4.78, 5) is 23.6. The van der Waals surface area contributed by atoms with Gasteiger partial charge in [0.25, 0.3) is 0 Å². The van der Waals surface area contributed by atoms with Crippen molar-refractivity contribution in [3.05, 3.63) is 78.5 Å². The third-order valence-corrected chi connectivity index (χ3v) is 5.78. The summed E-state index contributed by atoms with van der Waals surface area (Å²) in [6.07, 6.45) is 6.24. The average molecular weight is 517 g/mol. The molecule has 5 rings (SSSR count). The summed E-state index contributed by atoms with van der Waals surface area (Å²) in [6, 6.07) is 16.2. The Morgan fingerprint density at radius 3 is 2.19 bits per heavy atom. The summed E-state index contributed by atoms with van der Waals surface area (Å²) in [5.41, 5.74) is 2.07. The number of benzene rings is 2. The number of hydrogen-bond acceptors (Lipinski definition) is 3. The Kier molecular flexibility index (Phi) is 13.1. The molecule has 0 atom stereocenters. The van der Waals surface area contributed by atoms with Crippen molar-refractivity contribution in [2.24, 2.45) is 5.41 Å². The van der Waals surface area contributed by atoms with Crippen LogP contribution in [0.15, 0.2) is 48.5 Å². The first-order valence-corrected chi connectivity index (χ1v) is 10.6. The molecule has 0 spiro atoms. The van der Waals surface area contributed by atoms with Gasteiger partial charge in [0.05, 0.1) is 0 Å². The van der Waals surface area contributed by atoms with Crippen LogP contribution in [0.25, 0.3) is 0 Å². The molecule has 3 heterocycles. The molecule has 0 aromatic heterocycles. The molecule has 5 nitrogen and oxygen atoms in total. The van der Waals surface area contributed by atoms with E-state index >= 15 is 0 Å². The molecule has 2 N–H and O–H groups in total. The average Bonchev–Trinajstić information content (AvgIpc) is 2.85. The fourth-order valence-corrected chi connectivity index (χ4v) is 3.70. The maximum absolute atomic E-state index is 11.9. The van der Waals surface area contributed by atoms with Crippen LogP contribution < -0.4 is 10.6 Å². The van der Waals surface area contributed by atoms with Gasteiger partial charge < -0.3 is 27.3 Å². The molecule has 0 unspecified atom stereocenters. The molecule has 0 aliphatic carbocycles. The molecule has 2 bridgehead atoms. The molecule has 3 saturated heterocycles. The van der Waals surface area contributed by atoms with Crippen LogP contribution in [0.3, 0.4) is 0 Å². The smallest absolute Gasteiger partial charge is 0.529 e. The molecular weight excluding hydrogens is 486 g/mol. The first-order chi connectivity index (χ1) is 15.0. The molecule has 7 heteroatoms. The maximum atomic E-state index is 11.9. The number of carbonyl (C=O) groups excluding carboxylic acids is 2. The third-order valence-electron chi connectivity index (χ3n) is 5.78. The summed E-state index contributed by atoms with van der Waals surface area (Å²) in [5, 5.41) is 5.25. The summed E-state index contributed by atoms with van der Waals surface area (Å²) < 4.78 is 11.9. The van der Waals surface area contributed by atoms with E-state index in [4.69, 9.17) is 0 Å². The van der Waals surface area contributed by atoms with Crippen molar-refractivity contribution in [2.75, 3.05) is 33.2 Å². The van der Waals surface area contributed by atoms with E-state index in [0.29, 0.717) is 17.4 Å². The number of halogens is 1. The van der Waals surface area contributed by atoms with Crippen molar-refractivity contribution in [1.29, 1.82) is 0 Å². The van der Waals surface area contributed by atoms with E-state index in [0.717, 1.165) is 12.1 Å². The van der Waals surface area contributed by atoms with E-state index in [9.17, 15) is 14.0 Å². The van der Waals surface area contributed by atoms with Crippen LogP contribution in [0.4, 0.5) is 4.39 Å². The molecule has 32 heavy (non-hydrogen) atoms. The normalized spacial score (nSPS) is 20.3. The minimum atomic E-state index is -0.178. The van der Waals surface area contributed by atoms with E-state index < -0.39 is 0 Å². The second-order valence-corrected chi connectivity index (χ2v) is 7.77. The van der Waals surface area contributed by atoms with Crippen LogP contribution in [0.5, 0.6) is 0 Å². The zero-order chi connectivity index (χ0) is 22.5. The van der Waals surface area contributed by atoms with Gasteiger partial charge in [-0.25, -0.2) is 4.39 Å². The Bertz CT molecular complexity index is 781. The maximum Gasteiger partial charge on any atom is 3.00 e. The summed E-state index contributed by atoms with van der Waals surface area (Å²) in [7, 11) is 1.61. The van der Waals surface area contributed by atoms with Gasteiger partial charge in [0, 0.05) is 7.05 Å². The number of fused-ring (bicyclic) bond motifs is 3. The SMILES string of the molecule is Fc1ccccc1.O=[C-]NCC12CCN(CC1)CC2.[CH2-]Cc1[c-]cc(C(=O)NC)cc1.[Nb+3]. The van der Waals surface area contributed by atoms with Crippen LogP contribution in [0.1, 0.15) is 35.2 Å². The molecule has 3 aliphatic heterocycles. The Morgan fingerprint density at radius 1 is 1.16 bits per heavy atom. The van der Waals surface area contributed by atoms with E-state index in [1.54, 1.807) is 43.8 Å². The number of piperidine rings is 3. The summed E-state index contributed by atoms with van der Waals surface area (Å²) in [5.74, 6) is -0.260. The van der Waals surface area contributed by atoms with Gasteiger partial charge in [-0.3, -0.25) is 4.79 Å². The predicted octanol–water partition coefficient (Wildman–Crippen LogP) is 3.18. The van der Waals surface area contributed by atoms with E-state index in [-0.39, 0.29) is 34.1 Å². The van der Waals surface area contributed by atoms with Gasteiger partial charge in [-0.15, -0.1) is 0 Å². The molecule has 2 amide bonds. The van der Waals surface area contributed by atoms with Crippen molar-refractivity contribution in [1.82, 2.24) is 15.5 Å². The van der Waals surface area contributed by atoms with Crippen molar-refractivity contribution >= 4 is 12.3 Å². The topological polar surface area (TPSA) is 61.4 Å². The van der Waals surface area contributed by atoms with E-state index in [1.807, 2.05) is 6.07 Å². The van der Waals surface area contributed by atoms with Crippen molar-refractivity contribution in [3.8, 4) is 0 Å². The summed E-state index contributed by atoms with van der Waals surface area (Å²) >= 11 is 0. The molecule has 2 aromatic rings. The minimum absolute atomic E-state index is 0. The van der Waals surface area contributed by atoms with Crippen molar-refractivity contribution in [2.45, 2.75) is 25.7 Å². The van der Waals surface area contributed by atoms with Gasteiger partial charge in [-0.05, 0) is 63.0 Å². The van der Waals surface area contributed by atoms with Crippen LogP contribution in [-0.4, -0.2) is 50.4 Å². The standard InChI is InChI=1S/C10H11NO.C9H15N2O.C6H5F.Nb/c1-3-8-4-6-9(7-5-8)10(12)11-2;12-8-10-7-9-1-4-11(5-2-9)6-3-9;7-6-4-2-1-3-5-6;/h4,6-7H,1,3H2,2H3,(H,11,12);1-7H2,(H,10,12);1-5H;/q-2;-1;;+3. The molecule has 3 aliphatic rings. The Labute approximate surface area is 206 Å². The second kappa shape index (κ2) is 15.0. The summed E-state index contributed by atoms with van der Waals surface area (Å²) in [6.45, 7) is 8.22. The van der Waals surface area contributed by atoms with Gasteiger partial charge in [-0.2, -0.15) is 42.7 Å². The van der Waals surface area contributed by atoms with Crippen molar-refractivity contribution in [3.63, 3.8) is 0 Å². The largest absolute Gasteiger partial charge is 3.00 e. The molecular formula is C25H31FN3NbO2. The van der Waals surface area contributed by atoms with Gasteiger partial charge in [0.1, 0.15) is 5.82 Å².